The average Bonchev–Trinajstić information content (AvgIpc) is 3.53. The second-order valence-electron chi connectivity index (χ2n) is 7.82. The summed E-state index contributed by atoms with van der Waals surface area (Å²) in [5.41, 5.74) is 1.51. The molecule has 1 fully saturated rings. The highest BCUT2D eigenvalue weighted by Crippen LogP contribution is 2.20. The number of anilines is 2. The van der Waals surface area contributed by atoms with Crippen LogP contribution in [0.3, 0.4) is 0 Å². The summed E-state index contributed by atoms with van der Waals surface area (Å²) in [7, 11) is 4.97. The Bertz CT molecular complexity index is 1310. The molecule has 0 atom stereocenters. The minimum atomic E-state index is -0.906. The SMILES string of the molecule is Cn1cccc1C(=O)Nc1cc(C(=O)Nc2cc(C(=O)ON3C(=O)CCC3=O)n(C)c2)n(C)c1. The number of carbonyl (C=O) groups excluding carboxylic acids is 5. The molecule has 3 aromatic rings. The first-order chi connectivity index (χ1) is 16.1. The monoisotopic (exact) mass is 466 g/mol. The first-order valence-electron chi connectivity index (χ1n) is 10.3. The zero-order chi connectivity index (χ0) is 24.6. The van der Waals surface area contributed by atoms with Crippen molar-refractivity contribution >= 4 is 41.0 Å². The third-order valence-electron chi connectivity index (χ3n) is 5.32. The molecule has 1 aliphatic heterocycles. The van der Waals surface area contributed by atoms with E-state index in [0.717, 1.165) is 0 Å². The van der Waals surface area contributed by atoms with E-state index in [4.69, 9.17) is 4.84 Å². The molecule has 0 aliphatic carbocycles. The molecule has 0 radical (unpaired) electrons. The standard InChI is InChI=1S/C22H22N6O6/c1-25-8-4-5-15(25)20(31)23-13-9-16(26(2)11-13)21(32)24-14-10-17(27(3)12-14)22(33)34-28-18(29)6-7-19(28)30/h4-5,8-12H,6-7H2,1-3H3,(H,23,31)(H,24,32). The highest BCUT2D eigenvalue weighted by molar-refractivity contribution is 6.07. The van der Waals surface area contributed by atoms with Crippen molar-refractivity contribution in [1.82, 2.24) is 18.8 Å². The summed E-state index contributed by atoms with van der Waals surface area (Å²) in [6, 6.07) is 6.33. The van der Waals surface area contributed by atoms with Gasteiger partial charge in [0.25, 0.3) is 23.6 Å². The lowest BCUT2D eigenvalue weighted by Crippen LogP contribution is -2.32. The molecule has 4 heterocycles. The van der Waals surface area contributed by atoms with E-state index in [-0.39, 0.29) is 30.1 Å². The Balaban J connectivity index is 1.44. The fourth-order valence-corrected chi connectivity index (χ4v) is 3.57. The molecule has 2 N–H and O–H groups in total. The Labute approximate surface area is 193 Å². The predicted molar refractivity (Wildman–Crippen MR) is 119 cm³/mol. The number of imide groups is 1. The Morgan fingerprint density at radius 3 is 1.88 bits per heavy atom. The molecular formula is C22H22N6O6. The second-order valence-corrected chi connectivity index (χ2v) is 7.82. The highest BCUT2D eigenvalue weighted by atomic mass is 16.7. The molecule has 0 saturated carbocycles. The fourth-order valence-electron chi connectivity index (χ4n) is 3.57. The first-order valence-corrected chi connectivity index (χ1v) is 10.3. The predicted octanol–water partition coefficient (Wildman–Crippen LogP) is 1.43. The van der Waals surface area contributed by atoms with Crippen molar-refractivity contribution in [2.45, 2.75) is 12.8 Å². The van der Waals surface area contributed by atoms with Crippen LogP contribution in [0.25, 0.3) is 0 Å². The Kier molecular flexibility index (Phi) is 5.80. The van der Waals surface area contributed by atoms with Crippen molar-refractivity contribution in [3.63, 3.8) is 0 Å². The normalized spacial score (nSPS) is 13.3. The van der Waals surface area contributed by atoms with Gasteiger partial charge in [0.15, 0.2) is 0 Å². The average molecular weight is 466 g/mol. The highest BCUT2D eigenvalue weighted by Gasteiger charge is 2.33. The lowest BCUT2D eigenvalue weighted by molar-refractivity contribution is -0.172. The zero-order valence-electron chi connectivity index (χ0n) is 18.7. The van der Waals surface area contributed by atoms with E-state index in [1.165, 1.54) is 22.9 Å². The van der Waals surface area contributed by atoms with Gasteiger partial charge in [-0.05, 0) is 24.3 Å². The van der Waals surface area contributed by atoms with Crippen LogP contribution in [0.1, 0.15) is 44.3 Å². The van der Waals surface area contributed by atoms with E-state index < -0.39 is 23.7 Å². The molecular weight excluding hydrogens is 444 g/mol. The zero-order valence-corrected chi connectivity index (χ0v) is 18.7. The number of aromatic nitrogens is 3. The molecule has 1 aliphatic rings. The number of nitrogens with one attached hydrogen (secondary N) is 2. The van der Waals surface area contributed by atoms with E-state index in [1.54, 1.807) is 54.8 Å². The topological polar surface area (TPSA) is 137 Å². The van der Waals surface area contributed by atoms with Crippen molar-refractivity contribution in [3.8, 4) is 0 Å². The van der Waals surface area contributed by atoms with Gasteiger partial charge < -0.3 is 29.2 Å². The van der Waals surface area contributed by atoms with E-state index in [0.29, 0.717) is 22.1 Å². The van der Waals surface area contributed by atoms with Crippen LogP contribution in [0.15, 0.2) is 42.9 Å². The second kappa shape index (κ2) is 8.73. The third-order valence-corrected chi connectivity index (χ3v) is 5.32. The number of amides is 4. The summed E-state index contributed by atoms with van der Waals surface area (Å²) in [4.78, 5) is 65.9. The number of rotatable bonds is 6. The van der Waals surface area contributed by atoms with Gasteiger partial charge in [-0.3, -0.25) is 19.2 Å². The molecule has 34 heavy (non-hydrogen) atoms. The minimum Gasteiger partial charge on any atom is -0.347 e. The molecule has 0 bridgehead atoms. The van der Waals surface area contributed by atoms with Gasteiger partial charge in [0.1, 0.15) is 17.1 Å². The minimum absolute atomic E-state index is 0.00907. The van der Waals surface area contributed by atoms with Crippen molar-refractivity contribution in [2.24, 2.45) is 21.1 Å². The summed E-state index contributed by atoms with van der Waals surface area (Å²) in [5, 5.41) is 5.89. The first kappa shape index (κ1) is 22.6. The van der Waals surface area contributed by atoms with Crippen LogP contribution < -0.4 is 10.6 Å². The third kappa shape index (κ3) is 4.33. The molecule has 12 nitrogen and oxygen atoms in total. The number of hydroxylamine groups is 2. The Morgan fingerprint density at radius 2 is 1.32 bits per heavy atom. The van der Waals surface area contributed by atoms with Crippen LogP contribution in [0.2, 0.25) is 0 Å². The number of nitrogens with zero attached hydrogens (tertiary/aromatic N) is 4. The van der Waals surface area contributed by atoms with Gasteiger partial charge in [-0.1, -0.05) is 0 Å². The summed E-state index contributed by atoms with van der Waals surface area (Å²) in [5.74, 6) is -2.86. The van der Waals surface area contributed by atoms with Gasteiger partial charge in [0, 0.05) is 52.6 Å². The maximum absolute atomic E-state index is 12.8. The van der Waals surface area contributed by atoms with Crippen LogP contribution >= 0.6 is 0 Å². The molecule has 0 unspecified atom stereocenters. The van der Waals surface area contributed by atoms with Crippen LogP contribution in [0, 0.1) is 0 Å². The lowest BCUT2D eigenvalue weighted by atomic mass is 10.3. The van der Waals surface area contributed by atoms with Crippen LogP contribution in [0.4, 0.5) is 11.4 Å². The van der Waals surface area contributed by atoms with Gasteiger partial charge in [0.2, 0.25) is 0 Å². The quantitative estimate of drug-likeness (QED) is 0.528. The molecule has 3 aromatic heterocycles. The largest absolute Gasteiger partial charge is 0.380 e. The molecule has 0 aromatic carbocycles. The van der Waals surface area contributed by atoms with Gasteiger partial charge in [-0.2, -0.15) is 0 Å². The Morgan fingerprint density at radius 1 is 0.794 bits per heavy atom. The molecule has 4 rings (SSSR count). The maximum atomic E-state index is 12.8. The van der Waals surface area contributed by atoms with Crippen molar-refractivity contribution in [2.75, 3.05) is 10.6 Å². The Hall–Kier alpha value is -4.61. The lowest BCUT2D eigenvalue weighted by Gasteiger charge is -2.12. The summed E-state index contributed by atoms with van der Waals surface area (Å²) < 4.78 is 4.64. The number of hydrogen-bond donors (Lipinski definition) is 2. The van der Waals surface area contributed by atoms with E-state index in [1.807, 2.05) is 0 Å². The van der Waals surface area contributed by atoms with Gasteiger partial charge in [-0.25, -0.2) is 4.79 Å². The van der Waals surface area contributed by atoms with Crippen LogP contribution in [0.5, 0.6) is 0 Å². The summed E-state index contributed by atoms with van der Waals surface area (Å²) in [6.07, 6.45) is 4.83. The number of carbonyl (C=O) groups is 5. The van der Waals surface area contributed by atoms with Crippen LogP contribution in [-0.2, 0) is 35.6 Å². The summed E-state index contributed by atoms with van der Waals surface area (Å²) in [6.45, 7) is 0. The molecule has 176 valence electrons. The smallest absolute Gasteiger partial charge is 0.347 e. The molecule has 0 spiro atoms. The van der Waals surface area contributed by atoms with Gasteiger partial charge in [0.05, 0.1) is 11.4 Å². The van der Waals surface area contributed by atoms with Gasteiger partial charge in [-0.15, -0.1) is 5.06 Å². The van der Waals surface area contributed by atoms with Crippen molar-refractivity contribution in [1.29, 1.82) is 0 Å². The molecule has 1 saturated heterocycles. The number of aryl methyl sites for hydroxylation is 3. The van der Waals surface area contributed by atoms with E-state index >= 15 is 0 Å². The van der Waals surface area contributed by atoms with Crippen molar-refractivity contribution < 1.29 is 28.8 Å². The van der Waals surface area contributed by atoms with E-state index in [2.05, 4.69) is 10.6 Å². The van der Waals surface area contributed by atoms with Crippen LogP contribution in [-0.4, -0.2) is 48.4 Å². The maximum Gasteiger partial charge on any atom is 0.380 e. The van der Waals surface area contributed by atoms with Crippen molar-refractivity contribution in [3.05, 3.63) is 59.9 Å². The van der Waals surface area contributed by atoms with Gasteiger partial charge >= 0.3 is 5.97 Å². The fraction of sp³-hybridized carbons (Fsp3) is 0.227. The summed E-state index contributed by atoms with van der Waals surface area (Å²) >= 11 is 0. The van der Waals surface area contributed by atoms with E-state index in [9.17, 15) is 24.0 Å². The molecule has 12 heteroatoms. The number of hydrogen-bond acceptors (Lipinski definition) is 6. The molecule has 4 amide bonds.